The number of carbonyl (C=O) groups is 2. The largest absolute Gasteiger partial charge is 0.571 e. The zero-order valence-electron chi connectivity index (χ0n) is 41.2. The molecule has 4 aliphatic heterocycles. The van der Waals surface area contributed by atoms with Crippen LogP contribution in [-0.2, 0) is 47.5 Å². The summed E-state index contributed by atoms with van der Waals surface area (Å²) in [5, 5.41) is 159. The number of hydrogen-bond acceptors (Lipinski definition) is 26. The van der Waals surface area contributed by atoms with Gasteiger partial charge in [0.2, 0.25) is 24.4 Å². The lowest BCUT2D eigenvalue weighted by Gasteiger charge is -2.46. The monoisotopic (exact) mass is 1110 g/mol. The van der Waals surface area contributed by atoms with Gasteiger partial charge in [0, 0.05) is 30.4 Å². The van der Waals surface area contributed by atoms with Crippen molar-refractivity contribution in [2.24, 2.45) is 0 Å². The van der Waals surface area contributed by atoms with Gasteiger partial charge >= 0.3 is 17.7 Å². The van der Waals surface area contributed by atoms with E-state index in [1.165, 1.54) is 67.8 Å². The molecule has 27 heteroatoms. The molecule has 4 heterocycles. The SMILES string of the molecule is COc1cc(C=CC(=O)OCC2OC(OC3C(OC4=C(c5ccc(O)c(O)c5)[OH+]C5C=C(O)C=C(OC6OC(CO)C(O)C(O)C6O)C5=C4)OC(COC(=O)C=Cc4ccc(O)c(O)c4)C(O)C3O)C(O)C(O)C2O)ccc1O. The van der Waals surface area contributed by atoms with E-state index in [1.807, 2.05) is 0 Å². The summed E-state index contributed by atoms with van der Waals surface area (Å²) in [6.45, 7) is -2.41. The van der Waals surface area contributed by atoms with Crippen molar-refractivity contribution in [3.63, 3.8) is 0 Å². The van der Waals surface area contributed by atoms with Crippen molar-refractivity contribution in [1.29, 1.82) is 0 Å². The van der Waals surface area contributed by atoms with E-state index in [0.29, 0.717) is 5.56 Å². The molecule has 0 spiro atoms. The lowest BCUT2D eigenvalue weighted by Crippen LogP contribution is -2.64. The van der Waals surface area contributed by atoms with Gasteiger partial charge in [0.15, 0.2) is 46.9 Å². The Kier molecular flexibility index (Phi) is 18.0. The Balaban J connectivity index is 1.10. The fourth-order valence-electron chi connectivity index (χ4n) is 8.63. The van der Waals surface area contributed by atoms with Gasteiger partial charge in [-0.05, 0) is 59.7 Å². The molecule has 426 valence electrons. The summed E-state index contributed by atoms with van der Waals surface area (Å²) < 4.78 is 56.2. The number of allylic oxidation sites excluding steroid dienone is 2. The summed E-state index contributed by atoms with van der Waals surface area (Å²) >= 11 is 0. The molecule has 3 aromatic rings. The van der Waals surface area contributed by atoms with Crippen molar-refractivity contribution in [2.45, 2.75) is 98.2 Å². The van der Waals surface area contributed by atoms with Gasteiger partial charge in [-0.15, -0.1) is 0 Å². The number of phenols is 5. The van der Waals surface area contributed by atoms with E-state index in [0.717, 1.165) is 36.4 Å². The Morgan fingerprint density at radius 3 is 1.73 bits per heavy atom. The summed E-state index contributed by atoms with van der Waals surface area (Å²) in [5.41, 5.74) is 0.702. The maximum absolute atomic E-state index is 13.0. The summed E-state index contributed by atoms with van der Waals surface area (Å²) in [4.78, 5) is 25.8. The quantitative estimate of drug-likeness (QED) is 0.0302. The molecule has 0 bridgehead atoms. The maximum Gasteiger partial charge on any atom is 0.330 e. The molecule has 16 unspecified atom stereocenters. The molecule has 79 heavy (non-hydrogen) atoms. The first-order valence-corrected chi connectivity index (χ1v) is 24.1. The van der Waals surface area contributed by atoms with E-state index in [4.69, 9.17) is 42.6 Å². The van der Waals surface area contributed by atoms with Crippen molar-refractivity contribution in [1.82, 2.24) is 0 Å². The number of aliphatic hydroxyl groups is 12. The number of fused-ring (bicyclic) bond motifs is 1. The second-order valence-electron chi connectivity index (χ2n) is 18.4. The van der Waals surface area contributed by atoms with E-state index in [-0.39, 0.29) is 45.5 Å². The van der Waals surface area contributed by atoms with Gasteiger partial charge in [-0.2, -0.15) is 0 Å². The van der Waals surface area contributed by atoms with Crippen LogP contribution in [0.5, 0.6) is 34.5 Å². The highest BCUT2D eigenvalue weighted by molar-refractivity contribution is 5.87. The van der Waals surface area contributed by atoms with Crippen LogP contribution in [0, 0.1) is 0 Å². The molecular weight excluding hydrogens is 1060 g/mol. The normalized spacial score (nSPS) is 31.8. The second kappa shape index (κ2) is 24.7. The molecule has 0 radical (unpaired) electrons. The molecule has 27 nitrogen and oxygen atoms in total. The number of phenolic OH excluding ortho intramolecular Hbond substituents is 5. The molecule has 0 aromatic heterocycles. The zero-order chi connectivity index (χ0) is 57.0. The number of methoxy groups -OCH3 is 1. The van der Waals surface area contributed by atoms with Crippen molar-refractivity contribution in [2.75, 3.05) is 26.9 Å². The Hall–Kier alpha value is -7.48. The number of hydrogen-bond donors (Lipinski definition) is 15. The van der Waals surface area contributed by atoms with Crippen LogP contribution in [0.2, 0.25) is 0 Å². The zero-order valence-corrected chi connectivity index (χ0v) is 41.2. The number of aliphatic hydroxyl groups excluding tert-OH is 10. The lowest BCUT2D eigenvalue weighted by atomic mass is 9.95. The Bertz CT molecular complexity index is 2890. The van der Waals surface area contributed by atoms with Gasteiger partial charge < -0.3 is 124 Å². The van der Waals surface area contributed by atoms with Gasteiger partial charge in [0.1, 0.15) is 91.9 Å². The number of ether oxygens (including phenoxy) is 10. The third-order valence-corrected chi connectivity index (χ3v) is 13.0. The van der Waals surface area contributed by atoms with Gasteiger partial charge in [0.05, 0.1) is 30.9 Å². The van der Waals surface area contributed by atoms with Crippen molar-refractivity contribution in [3.05, 3.63) is 125 Å². The highest BCUT2D eigenvalue weighted by Crippen LogP contribution is 2.41. The minimum Gasteiger partial charge on any atom is -0.571 e. The number of esters is 2. The molecule has 0 amide bonds. The highest BCUT2D eigenvalue weighted by Gasteiger charge is 2.53. The Morgan fingerprint density at radius 1 is 0.582 bits per heavy atom. The van der Waals surface area contributed by atoms with E-state index < -0.39 is 159 Å². The highest BCUT2D eigenvalue weighted by atomic mass is 16.8. The maximum atomic E-state index is 13.0. The molecule has 1 aliphatic carbocycles. The first-order valence-electron chi connectivity index (χ1n) is 24.1. The van der Waals surface area contributed by atoms with E-state index >= 15 is 0 Å². The third-order valence-electron chi connectivity index (χ3n) is 13.0. The van der Waals surface area contributed by atoms with Gasteiger partial charge in [-0.3, -0.25) is 0 Å². The van der Waals surface area contributed by atoms with Crippen LogP contribution in [-0.4, -0.2) is 218 Å². The number of rotatable bonds is 17. The summed E-state index contributed by atoms with van der Waals surface area (Å²) in [6, 6.07) is 11.4. The first kappa shape index (κ1) is 57.7. The smallest absolute Gasteiger partial charge is 0.330 e. The minimum absolute atomic E-state index is 0.00255. The van der Waals surface area contributed by atoms with Gasteiger partial charge in [-0.1, -0.05) is 12.1 Å². The predicted octanol–water partition coefficient (Wildman–Crippen LogP) is -1.95. The first-order chi connectivity index (χ1) is 37.6. The summed E-state index contributed by atoms with van der Waals surface area (Å²) in [5.74, 6) is -5.47. The summed E-state index contributed by atoms with van der Waals surface area (Å²) in [7, 11) is 1.32. The molecule has 16 atom stereocenters. The van der Waals surface area contributed by atoms with Gasteiger partial charge in [-0.25, -0.2) is 9.59 Å². The number of carbonyl (C=O) groups excluding carboxylic acids is 2. The van der Waals surface area contributed by atoms with Crippen LogP contribution < -0.4 is 4.74 Å². The molecule has 16 N–H and O–H groups in total. The van der Waals surface area contributed by atoms with Crippen LogP contribution in [0.4, 0.5) is 0 Å². The molecule has 3 saturated heterocycles. The average molecular weight is 1110 g/mol. The number of benzene rings is 3. The van der Waals surface area contributed by atoms with Crippen LogP contribution in [0.3, 0.4) is 0 Å². The van der Waals surface area contributed by atoms with Crippen LogP contribution >= 0.6 is 0 Å². The topological polar surface area (TPSA) is 433 Å². The van der Waals surface area contributed by atoms with Crippen molar-refractivity contribution in [3.8, 4) is 34.5 Å². The fourth-order valence-corrected chi connectivity index (χ4v) is 8.63. The van der Waals surface area contributed by atoms with Crippen LogP contribution in [0.15, 0.2) is 108 Å². The number of aromatic hydroxyl groups is 5. The van der Waals surface area contributed by atoms with Crippen LogP contribution in [0.25, 0.3) is 17.9 Å². The standard InChI is InChI=1S/C52H56O27/c1-70-33-13-22(3-8-28(33)57)5-11-39(61)71-19-36-41(63)44(66)47(69)51(77-36)79-49-45(67)42(64)37(20-72-38(60)10-4-21-2-7-26(55)29(58)12-21)78-52(49)75-34-17-25-31(73-48(34)23-6-9-27(56)30(59)14-23)15-24(54)16-32(25)74-50-46(68)43(65)40(62)35(18-53)76-50/h2-17,31,35-37,40-47,49-59,62-69H,18-20H2,1H3/p+1. The van der Waals surface area contributed by atoms with Crippen LogP contribution in [0.1, 0.15) is 16.7 Å². The average Bonchev–Trinajstić information content (AvgIpc) is 3.43. The molecule has 0 saturated carbocycles. The minimum atomic E-state index is -2.17. The molecule has 8 rings (SSSR count). The second-order valence-corrected chi connectivity index (χ2v) is 18.4. The predicted molar refractivity (Wildman–Crippen MR) is 262 cm³/mol. The van der Waals surface area contributed by atoms with E-state index in [9.17, 15) is 86.2 Å². The Morgan fingerprint density at radius 2 is 1.13 bits per heavy atom. The van der Waals surface area contributed by atoms with Crippen molar-refractivity contribution < 1.29 is 134 Å². The molecule has 5 aliphatic rings. The molecule has 3 fully saturated rings. The molecular formula is C52H57O27+. The van der Waals surface area contributed by atoms with E-state index in [1.54, 1.807) is 0 Å². The lowest BCUT2D eigenvalue weighted by molar-refractivity contribution is -0.363. The van der Waals surface area contributed by atoms with Gasteiger partial charge in [0.25, 0.3) is 0 Å². The fraction of sp³-hybridized carbons (Fsp3) is 0.385. The molecule has 3 aromatic carbocycles. The summed E-state index contributed by atoms with van der Waals surface area (Å²) in [6.07, 6.45) is -21.9. The third kappa shape index (κ3) is 13.0. The Labute approximate surface area is 446 Å². The van der Waals surface area contributed by atoms with E-state index in [2.05, 4.69) is 4.74 Å². The van der Waals surface area contributed by atoms with Crippen molar-refractivity contribution >= 4 is 29.8 Å².